The van der Waals surface area contributed by atoms with Gasteiger partial charge in [-0.25, -0.2) is 0 Å². The van der Waals surface area contributed by atoms with Crippen LogP contribution < -0.4 is 10.1 Å². The Kier molecular flexibility index (Phi) is 6.21. The number of methoxy groups -OCH3 is 1. The third kappa shape index (κ3) is 4.25. The lowest BCUT2D eigenvalue weighted by Gasteiger charge is -2.18. The number of rotatable bonds is 6. The fraction of sp³-hybridized carbons (Fsp3) is 0.250. The molecule has 1 aliphatic rings. The first kappa shape index (κ1) is 22.6. The minimum atomic E-state index is -0.386. The third-order valence-electron chi connectivity index (χ3n) is 6.83. The lowest BCUT2D eigenvalue weighted by Crippen LogP contribution is -2.23. The van der Waals surface area contributed by atoms with Gasteiger partial charge in [0, 0.05) is 23.4 Å². The molecule has 1 saturated carbocycles. The zero-order valence-corrected chi connectivity index (χ0v) is 19.4. The van der Waals surface area contributed by atoms with Gasteiger partial charge in [0.05, 0.1) is 36.1 Å². The minimum Gasteiger partial charge on any atom is -0.496 e. The number of amides is 1. The molecule has 0 spiro atoms. The number of aliphatic hydroxyl groups is 1. The van der Waals surface area contributed by atoms with Gasteiger partial charge in [0.2, 0.25) is 0 Å². The Labute approximate surface area is 203 Å². The first-order valence-corrected chi connectivity index (χ1v) is 11.7. The third-order valence-corrected chi connectivity index (χ3v) is 6.83. The van der Waals surface area contributed by atoms with Gasteiger partial charge < -0.3 is 15.2 Å². The van der Waals surface area contributed by atoms with Crippen LogP contribution in [0.1, 0.15) is 52.2 Å². The number of nitrogens with zero attached hydrogens (tertiary/aromatic N) is 2. The normalized spacial score (nSPS) is 17.3. The predicted octanol–water partition coefficient (Wildman–Crippen LogP) is 4.67. The molecule has 2 unspecified atom stereocenters. The number of fused-ring (bicyclic) bond motifs is 1. The summed E-state index contributed by atoms with van der Waals surface area (Å²) in [6, 6.07) is 19.3. The maximum atomic E-state index is 12.6. The largest absolute Gasteiger partial charge is 0.496 e. The van der Waals surface area contributed by atoms with Crippen LogP contribution in [0.25, 0.3) is 22.0 Å². The molecule has 3 N–H and O–H groups in total. The van der Waals surface area contributed by atoms with Gasteiger partial charge >= 0.3 is 0 Å². The Hall–Kier alpha value is -4.15. The van der Waals surface area contributed by atoms with Gasteiger partial charge in [-0.3, -0.25) is 9.89 Å². The highest BCUT2D eigenvalue weighted by Gasteiger charge is 2.30. The molecule has 0 saturated heterocycles. The number of aromatic nitrogens is 2. The summed E-state index contributed by atoms with van der Waals surface area (Å²) < 4.78 is 5.27. The maximum Gasteiger partial charge on any atom is 0.255 e. The van der Waals surface area contributed by atoms with E-state index in [1.54, 1.807) is 31.5 Å². The van der Waals surface area contributed by atoms with E-state index in [0.717, 1.165) is 46.9 Å². The van der Waals surface area contributed by atoms with Crippen molar-refractivity contribution < 1.29 is 14.6 Å². The molecule has 1 aliphatic carbocycles. The number of ether oxygens (including phenoxy) is 1. The number of hydrogen-bond donors (Lipinski definition) is 3. The first-order valence-electron chi connectivity index (χ1n) is 11.7. The standard InChI is InChI=1S/C28H26N4O3/c1-35-26-8-3-2-5-20(26)28(34)30-15-17-9-11-18(12-10-17)21-13-22(19-6-4-7-25(19)33)24-16-31-32-27(24)23(21)14-29/h2-3,5,8-13,16,19,25,33H,4,6-7,15H2,1H3,(H,30,34)(H,31,32). The summed E-state index contributed by atoms with van der Waals surface area (Å²) in [7, 11) is 1.54. The number of aliphatic hydroxyl groups excluding tert-OH is 1. The van der Waals surface area contributed by atoms with Gasteiger partial charge in [0.15, 0.2) is 0 Å². The highest BCUT2D eigenvalue weighted by atomic mass is 16.5. The van der Waals surface area contributed by atoms with Crippen molar-refractivity contribution in [3.05, 3.63) is 83.0 Å². The Bertz CT molecular complexity index is 1420. The van der Waals surface area contributed by atoms with Crippen LogP contribution in [0.5, 0.6) is 5.75 Å². The number of nitriles is 1. The summed E-state index contributed by atoms with van der Waals surface area (Å²) >= 11 is 0. The lowest BCUT2D eigenvalue weighted by atomic mass is 9.87. The number of aromatic amines is 1. The average molecular weight is 467 g/mol. The van der Waals surface area contributed by atoms with E-state index in [-0.39, 0.29) is 17.9 Å². The molecule has 1 heterocycles. The Morgan fingerprint density at radius 1 is 1.23 bits per heavy atom. The van der Waals surface area contributed by atoms with Gasteiger partial charge in [0.25, 0.3) is 5.91 Å². The van der Waals surface area contributed by atoms with E-state index in [0.29, 0.717) is 28.9 Å². The zero-order chi connectivity index (χ0) is 24.4. The predicted molar refractivity (Wildman–Crippen MR) is 133 cm³/mol. The molecule has 176 valence electrons. The van der Waals surface area contributed by atoms with E-state index in [4.69, 9.17) is 4.74 Å². The molecule has 7 heteroatoms. The van der Waals surface area contributed by atoms with E-state index in [1.165, 1.54) is 0 Å². The topological polar surface area (TPSA) is 111 Å². The van der Waals surface area contributed by atoms with Crippen molar-refractivity contribution in [1.29, 1.82) is 5.26 Å². The Morgan fingerprint density at radius 3 is 2.74 bits per heavy atom. The lowest BCUT2D eigenvalue weighted by molar-refractivity contribution is 0.0948. The van der Waals surface area contributed by atoms with Crippen LogP contribution in [0.4, 0.5) is 0 Å². The van der Waals surface area contributed by atoms with E-state index in [1.807, 2.05) is 36.4 Å². The molecule has 1 amide bonds. The molecule has 4 aromatic rings. The quantitative estimate of drug-likeness (QED) is 0.382. The molecule has 0 bridgehead atoms. The zero-order valence-electron chi connectivity index (χ0n) is 19.4. The van der Waals surface area contributed by atoms with Crippen molar-refractivity contribution in [3.63, 3.8) is 0 Å². The molecule has 1 aromatic heterocycles. The number of nitrogens with one attached hydrogen (secondary N) is 2. The molecule has 0 radical (unpaired) electrons. The smallest absolute Gasteiger partial charge is 0.255 e. The van der Waals surface area contributed by atoms with Crippen molar-refractivity contribution in [3.8, 4) is 22.9 Å². The van der Waals surface area contributed by atoms with Crippen LogP contribution in [-0.2, 0) is 6.54 Å². The summed E-state index contributed by atoms with van der Waals surface area (Å²) in [6.45, 7) is 0.362. The summed E-state index contributed by atoms with van der Waals surface area (Å²) in [5.41, 5.74) is 5.39. The Morgan fingerprint density at radius 2 is 2.03 bits per heavy atom. The molecule has 5 rings (SSSR count). The van der Waals surface area contributed by atoms with Gasteiger partial charge in [-0.15, -0.1) is 0 Å². The number of benzene rings is 3. The van der Waals surface area contributed by atoms with Crippen LogP contribution in [0, 0.1) is 11.3 Å². The van der Waals surface area contributed by atoms with Gasteiger partial charge in [-0.1, -0.05) is 42.8 Å². The van der Waals surface area contributed by atoms with Crippen molar-refractivity contribution in [2.45, 2.75) is 37.8 Å². The van der Waals surface area contributed by atoms with Gasteiger partial charge in [0.1, 0.15) is 11.8 Å². The van der Waals surface area contributed by atoms with E-state index in [9.17, 15) is 15.2 Å². The number of H-pyrrole nitrogens is 1. The molecule has 35 heavy (non-hydrogen) atoms. The van der Waals surface area contributed by atoms with Gasteiger partial charge in [-0.2, -0.15) is 10.4 Å². The van der Waals surface area contributed by atoms with Crippen LogP contribution in [0.15, 0.2) is 60.8 Å². The maximum absolute atomic E-state index is 12.6. The second kappa shape index (κ2) is 9.61. The van der Waals surface area contributed by atoms with Crippen molar-refractivity contribution in [2.24, 2.45) is 0 Å². The summed E-state index contributed by atoms with van der Waals surface area (Å²) in [5, 5.41) is 31.5. The fourth-order valence-corrected chi connectivity index (χ4v) is 5.00. The molecular weight excluding hydrogens is 440 g/mol. The molecule has 2 atom stereocenters. The second-order valence-corrected chi connectivity index (χ2v) is 8.84. The van der Waals surface area contributed by atoms with Crippen molar-refractivity contribution in [2.75, 3.05) is 7.11 Å². The molecule has 7 nitrogen and oxygen atoms in total. The molecule has 3 aromatic carbocycles. The first-order chi connectivity index (χ1) is 17.1. The highest BCUT2D eigenvalue weighted by Crippen LogP contribution is 2.41. The monoisotopic (exact) mass is 466 g/mol. The number of carbonyl (C=O) groups excluding carboxylic acids is 1. The van der Waals surface area contributed by atoms with Gasteiger partial charge in [-0.05, 0) is 47.7 Å². The Balaban J connectivity index is 1.42. The van der Waals surface area contributed by atoms with Crippen LogP contribution in [0.2, 0.25) is 0 Å². The summed E-state index contributed by atoms with van der Waals surface area (Å²) in [5.74, 6) is 0.357. The molecular formula is C28H26N4O3. The van der Waals surface area contributed by atoms with Crippen LogP contribution in [-0.4, -0.2) is 34.4 Å². The van der Waals surface area contributed by atoms with E-state index in [2.05, 4.69) is 21.6 Å². The fourth-order valence-electron chi connectivity index (χ4n) is 5.00. The number of para-hydroxylation sites is 1. The highest BCUT2D eigenvalue weighted by molar-refractivity contribution is 5.97. The minimum absolute atomic E-state index is 0.0334. The number of hydrogen-bond acceptors (Lipinski definition) is 5. The average Bonchev–Trinajstić information content (AvgIpc) is 3.56. The molecule has 1 fully saturated rings. The van der Waals surface area contributed by atoms with Crippen molar-refractivity contribution >= 4 is 16.8 Å². The summed E-state index contributed by atoms with van der Waals surface area (Å²) in [6.07, 6.45) is 4.04. The second-order valence-electron chi connectivity index (χ2n) is 8.84. The molecule has 0 aliphatic heterocycles. The SMILES string of the molecule is COc1ccccc1C(=O)NCc1ccc(-c2cc(C3CCCC3O)c3cn[nH]c3c2C#N)cc1. The van der Waals surface area contributed by atoms with E-state index < -0.39 is 0 Å². The number of carbonyl (C=O) groups is 1. The van der Waals surface area contributed by atoms with Crippen LogP contribution >= 0.6 is 0 Å². The van der Waals surface area contributed by atoms with E-state index >= 15 is 0 Å². The summed E-state index contributed by atoms with van der Waals surface area (Å²) in [4.78, 5) is 12.6. The van der Waals surface area contributed by atoms with Crippen molar-refractivity contribution in [1.82, 2.24) is 15.5 Å². The van der Waals surface area contributed by atoms with Crippen LogP contribution in [0.3, 0.4) is 0 Å².